The van der Waals surface area contributed by atoms with Crippen LogP contribution in [-0.4, -0.2) is 19.7 Å². The van der Waals surface area contributed by atoms with E-state index in [2.05, 4.69) is 11.4 Å². The molecule has 1 aliphatic heterocycles. The number of nitrogens with two attached hydrogens (primary N) is 1. The molecule has 0 saturated carbocycles. The highest BCUT2D eigenvalue weighted by atomic mass is 16.5. The zero-order valence-electron chi connectivity index (χ0n) is 8.58. The zero-order valence-corrected chi connectivity index (χ0v) is 8.58. The summed E-state index contributed by atoms with van der Waals surface area (Å²) in [6, 6.07) is 6.20. The Morgan fingerprint density at radius 3 is 3.00 bits per heavy atom. The van der Waals surface area contributed by atoms with Crippen LogP contribution < -0.4 is 15.8 Å². The van der Waals surface area contributed by atoms with Gasteiger partial charge in [0.1, 0.15) is 5.75 Å². The highest BCUT2D eigenvalue weighted by Crippen LogP contribution is 2.39. The Morgan fingerprint density at radius 1 is 1.57 bits per heavy atom. The lowest BCUT2D eigenvalue weighted by molar-refractivity contribution is 0.405. The van der Waals surface area contributed by atoms with Crippen LogP contribution in [0, 0.1) is 0 Å². The van der Waals surface area contributed by atoms with Crippen LogP contribution in [0.2, 0.25) is 0 Å². The fourth-order valence-electron chi connectivity index (χ4n) is 2.03. The van der Waals surface area contributed by atoms with E-state index in [9.17, 15) is 0 Å². The second kappa shape index (κ2) is 3.50. The van der Waals surface area contributed by atoms with Gasteiger partial charge in [-0.3, -0.25) is 0 Å². The van der Waals surface area contributed by atoms with Crippen molar-refractivity contribution in [2.75, 3.05) is 19.0 Å². The van der Waals surface area contributed by atoms with Crippen molar-refractivity contribution in [3.05, 3.63) is 23.8 Å². The number of fused-ring (bicyclic) bond motifs is 1. The molecule has 2 atom stereocenters. The average Bonchev–Trinajstić information content (AvgIpc) is 2.60. The molecule has 0 amide bonds. The van der Waals surface area contributed by atoms with Crippen LogP contribution in [0.3, 0.4) is 0 Å². The Kier molecular flexibility index (Phi) is 2.33. The number of benzene rings is 1. The summed E-state index contributed by atoms with van der Waals surface area (Å²) in [5.74, 6) is 1.30. The van der Waals surface area contributed by atoms with Gasteiger partial charge in [0.15, 0.2) is 0 Å². The molecule has 3 nitrogen and oxygen atoms in total. The molecular weight excluding hydrogens is 176 g/mol. The molecule has 14 heavy (non-hydrogen) atoms. The third kappa shape index (κ3) is 1.34. The number of nitrogens with one attached hydrogen (secondary N) is 1. The maximum absolute atomic E-state index is 5.94. The highest BCUT2D eigenvalue weighted by molar-refractivity contribution is 5.63. The van der Waals surface area contributed by atoms with E-state index in [1.165, 1.54) is 5.56 Å². The smallest absolute Gasteiger partial charge is 0.124 e. The van der Waals surface area contributed by atoms with Gasteiger partial charge < -0.3 is 15.8 Å². The van der Waals surface area contributed by atoms with Gasteiger partial charge in [-0.05, 0) is 19.1 Å². The number of hydrogen-bond donors (Lipinski definition) is 2. The third-order valence-corrected chi connectivity index (χ3v) is 2.80. The van der Waals surface area contributed by atoms with Crippen molar-refractivity contribution in [2.45, 2.75) is 18.9 Å². The van der Waals surface area contributed by atoms with E-state index in [4.69, 9.17) is 10.5 Å². The van der Waals surface area contributed by atoms with Crippen LogP contribution in [0.15, 0.2) is 18.2 Å². The quantitative estimate of drug-likeness (QED) is 0.747. The summed E-state index contributed by atoms with van der Waals surface area (Å²) < 4.78 is 5.34. The highest BCUT2D eigenvalue weighted by Gasteiger charge is 2.28. The second-order valence-corrected chi connectivity index (χ2v) is 3.77. The Balaban J connectivity index is 2.45. The molecule has 1 aromatic rings. The minimum absolute atomic E-state index is 0.153. The fraction of sp³-hybridized carbons (Fsp3) is 0.455. The molecule has 76 valence electrons. The summed E-state index contributed by atoms with van der Waals surface area (Å²) in [4.78, 5) is 0. The van der Waals surface area contributed by atoms with Crippen LogP contribution in [0.1, 0.15) is 18.4 Å². The first-order chi connectivity index (χ1) is 6.74. The SMILES string of the molecule is COc1cccc2c1C(C(C)N)CN2. The lowest BCUT2D eigenvalue weighted by Gasteiger charge is -2.16. The van der Waals surface area contributed by atoms with Gasteiger partial charge in [0.2, 0.25) is 0 Å². The Bertz CT molecular complexity index is 336. The zero-order chi connectivity index (χ0) is 10.1. The van der Waals surface area contributed by atoms with E-state index in [0.29, 0.717) is 5.92 Å². The largest absolute Gasteiger partial charge is 0.496 e. The molecule has 1 aliphatic rings. The summed E-state index contributed by atoms with van der Waals surface area (Å²) in [7, 11) is 1.70. The Hall–Kier alpha value is -1.22. The van der Waals surface area contributed by atoms with Crippen molar-refractivity contribution in [3.63, 3.8) is 0 Å². The monoisotopic (exact) mass is 192 g/mol. The van der Waals surface area contributed by atoms with Crippen molar-refractivity contribution in [2.24, 2.45) is 5.73 Å². The van der Waals surface area contributed by atoms with Gasteiger partial charge in [-0.1, -0.05) is 6.07 Å². The number of ether oxygens (including phenoxy) is 1. The third-order valence-electron chi connectivity index (χ3n) is 2.80. The molecular formula is C11H16N2O. The number of rotatable bonds is 2. The van der Waals surface area contributed by atoms with Gasteiger partial charge in [-0.15, -0.1) is 0 Å². The Labute approximate surface area is 84.3 Å². The average molecular weight is 192 g/mol. The molecule has 2 unspecified atom stereocenters. The van der Waals surface area contributed by atoms with Crippen LogP contribution in [0.5, 0.6) is 5.75 Å². The van der Waals surface area contributed by atoms with Crippen molar-refractivity contribution in [1.29, 1.82) is 0 Å². The number of methoxy groups -OCH3 is 1. The summed E-state index contributed by atoms with van der Waals surface area (Å²) >= 11 is 0. The molecule has 0 saturated heterocycles. The molecule has 1 aromatic carbocycles. The normalized spacial score (nSPS) is 21.2. The summed E-state index contributed by atoms with van der Waals surface area (Å²) in [5, 5.41) is 3.35. The van der Waals surface area contributed by atoms with Crippen LogP contribution in [0.25, 0.3) is 0 Å². The molecule has 0 aliphatic carbocycles. The lowest BCUT2D eigenvalue weighted by Crippen LogP contribution is -2.26. The van der Waals surface area contributed by atoms with Gasteiger partial charge in [-0.25, -0.2) is 0 Å². The first-order valence-electron chi connectivity index (χ1n) is 4.90. The minimum atomic E-state index is 0.153. The molecule has 1 heterocycles. The van der Waals surface area contributed by atoms with Gasteiger partial charge in [-0.2, -0.15) is 0 Å². The molecule has 0 radical (unpaired) electrons. The maximum atomic E-state index is 5.94. The number of hydrogen-bond acceptors (Lipinski definition) is 3. The van der Waals surface area contributed by atoms with E-state index in [1.807, 2.05) is 19.1 Å². The first-order valence-corrected chi connectivity index (χ1v) is 4.90. The second-order valence-electron chi connectivity index (χ2n) is 3.77. The minimum Gasteiger partial charge on any atom is -0.496 e. The van der Waals surface area contributed by atoms with Gasteiger partial charge in [0, 0.05) is 29.8 Å². The van der Waals surface area contributed by atoms with Crippen LogP contribution in [-0.2, 0) is 0 Å². The molecule has 2 rings (SSSR count). The van der Waals surface area contributed by atoms with E-state index in [0.717, 1.165) is 18.0 Å². The van der Waals surface area contributed by atoms with E-state index >= 15 is 0 Å². The summed E-state index contributed by atoms with van der Waals surface area (Å²) in [6.45, 7) is 2.95. The summed E-state index contributed by atoms with van der Waals surface area (Å²) in [5.41, 5.74) is 8.33. The molecule has 0 spiro atoms. The molecule has 0 bridgehead atoms. The van der Waals surface area contributed by atoms with E-state index < -0.39 is 0 Å². The molecule has 3 N–H and O–H groups in total. The maximum Gasteiger partial charge on any atom is 0.124 e. The first kappa shape index (κ1) is 9.34. The topological polar surface area (TPSA) is 47.3 Å². The van der Waals surface area contributed by atoms with E-state index in [1.54, 1.807) is 7.11 Å². The lowest BCUT2D eigenvalue weighted by atomic mass is 9.94. The van der Waals surface area contributed by atoms with Gasteiger partial charge in [0.05, 0.1) is 7.11 Å². The molecule has 3 heteroatoms. The van der Waals surface area contributed by atoms with Crippen LogP contribution >= 0.6 is 0 Å². The van der Waals surface area contributed by atoms with Crippen molar-refractivity contribution in [1.82, 2.24) is 0 Å². The fourth-order valence-corrected chi connectivity index (χ4v) is 2.03. The predicted octanol–water partition coefficient (Wildman–Crippen LogP) is 1.55. The predicted molar refractivity (Wildman–Crippen MR) is 57.9 cm³/mol. The van der Waals surface area contributed by atoms with Crippen LogP contribution in [0.4, 0.5) is 5.69 Å². The molecule has 0 fully saturated rings. The van der Waals surface area contributed by atoms with Gasteiger partial charge in [0.25, 0.3) is 0 Å². The van der Waals surface area contributed by atoms with Crippen molar-refractivity contribution in [3.8, 4) is 5.75 Å². The van der Waals surface area contributed by atoms with Crippen molar-refractivity contribution < 1.29 is 4.74 Å². The summed E-state index contributed by atoms with van der Waals surface area (Å²) in [6.07, 6.45) is 0. The standard InChI is InChI=1S/C11H16N2O/c1-7(12)8-6-13-9-4-3-5-10(14-2)11(8)9/h3-5,7-8,13H,6,12H2,1-2H3. The van der Waals surface area contributed by atoms with E-state index in [-0.39, 0.29) is 6.04 Å². The Morgan fingerprint density at radius 2 is 2.36 bits per heavy atom. The number of anilines is 1. The van der Waals surface area contributed by atoms with Gasteiger partial charge >= 0.3 is 0 Å². The van der Waals surface area contributed by atoms with Crippen molar-refractivity contribution >= 4 is 5.69 Å². The molecule has 0 aromatic heterocycles.